The highest BCUT2D eigenvalue weighted by Gasteiger charge is 2.31. The van der Waals surface area contributed by atoms with E-state index in [1.54, 1.807) is 29.5 Å². The zero-order valence-electron chi connectivity index (χ0n) is 22.1. The van der Waals surface area contributed by atoms with Gasteiger partial charge in [0, 0.05) is 43.8 Å². The number of aryl methyl sites for hydroxylation is 1. The van der Waals surface area contributed by atoms with Gasteiger partial charge in [-0.25, -0.2) is 24.4 Å². The Kier molecular flexibility index (Phi) is 7.09. The first kappa shape index (κ1) is 25.4. The molecule has 1 unspecified atom stereocenters. The summed E-state index contributed by atoms with van der Waals surface area (Å²) in [5.41, 5.74) is 3.05. The summed E-state index contributed by atoms with van der Waals surface area (Å²) in [5, 5.41) is 21.0. The smallest absolute Gasteiger partial charge is 0.319 e. The van der Waals surface area contributed by atoms with Gasteiger partial charge in [-0.1, -0.05) is 0 Å². The normalized spacial score (nSPS) is 18.9. The van der Waals surface area contributed by atoms with Crippen LogP contribution in [-0.2, 0) is 7.05 Å². The Balaban J connectivity index is 1.22. The fourth-order valence-corrected chi connectivity index (χ4v) is 4.73. The van der Waals surface area contributed by atoms with Crippen LogP contribution in [0.1, 0.15) is 33.6 Å². The summed E-state index contributed by atoms with van der Waals surface area (Å²) in [6, 6.07) is -0.251. The van der Waals surface area contributed by atoms with Gasteiger partial charge in [0.2, 0.25) is 5.95 Å². The molecule has 13 nitrogen and oxygen atoms in total. The van der Waals surface area contributed by atoms with Gasteiger partial charge in [0.25, 0.3) is 0 Å². The standard InChI is InChI=1S/C25H34N12O/c1-16-20(10-17(13-29-16)32-24(38)28-7-9-37-8-5-6-25(37,2)3)33-21-19-14-30-23(34-22(19)36(4)35-21)31-18-11-26-15-27-12-18/h10-16,29H,5-9H2,1-4H3,(H,33,35)(H2,28,32,38)(H,30,31,34). The maximum atomic E-state index is 12.5. The van der Waals surface area contributed by atoms with Crippen molar-refractivity contribution in [2.45, 2.75) is 45.2 Å². The van der Waals surface area contributed by atoms with Gasteiger partial charge in [0.1, 0.15) is 6.33 Å². The average molecular weight is 519 g/mol. The highest BCUT2D eigenvalue weighted by atomic mass is 16.2. The lowest BCUT2D eigenvalue weighted by atomic mass is 10.0. The minimum absolute atomic E-state index is 0.0157. The van der Waals surface area contributed by atoms with Crippen molar-refractivity contribution in [2.75, 3.05) is 30.3 Å². The van der Waals surface area contributed by atoms with Crippen LogP contribution in [0.3, 0.4) is 0 Å². The molecule has 1 fully saturated rings. The molecule has 0 saturated carbocycles. The summed E-state index contributed by atoms with van der Waals surface area (Å²) >= 11 is 0. The Morgan fingerprint density at radius 2 is 2.03 bits per heavy atom. The van der Waals surface area contributed by atoms with Crippen LogP contribution in [0.5, 0.6) is 0 Å². The monoisotopic (exact) mass is 518 g/mol. The number of fused-ring (bicyclic) bond motifs is 1. The average Bonchev–Trinajstić information content (AvgIpc) is 3.39. The fourth-order valence-electron chi connectivity index (χ4n) is 4.73. The van der Waals surface area contributed by atoms with Crippen LogP contribution in [0.4, 0.5) is 22.2 Å². The summed E-state index contributed by atoms with van der Waals surface area (Å²) in [6.07, 6.45) is 12.6. The maximum Gasteiger partial charge on any atom is 0.319 e. The zero-order chi connectivity index (χ0) is 26.7. The second-order valence-corrected chi connectivity index (χ2v) is 10.2. The lowest BCUT2D eigenvalue weighted by molar-refractivity contribution is 0.175. The number of hydrogen-bond acceptors (Lipinski definition) is 10. The number of rotatable bonds is 8. The van der Waals surface area contributed by atoms with Gasteiger partial charge in [-0.05, 0) is 46.2 Å². The van der Waals surface area contributed by atoms with Crippen LogP contribution in [0, 0.1) is 0 Å². The van der Waals surface area contributed by atoms with Gasteiger partial charge >= 0.3 is 6.03 Å². The first-order valence-corrected chi connectivity index (χ1v) is 12.7. The molecular formula is C25H34N12O. The van der Waals surface area contributed by atoms with Crippen LogP contribution in [0.2, 0.25) is 0 Å². The Labute approximate surface area is 221 Å². The Hall–Kier alpha value is -4.26. The predicted octanol–water partition coefficient (Wildman–Crippen LogP) is 2.20. The molecule has 0 aliphatic carbocycles. The highest BCUT2D eigenvalue weighted by molar-refractivity contribution is 5.88. The Bertz CT molecular complexity index is 1360. The second kappa shape index (κ2) is 10.6. The predicted molar refractivity (Wildman–Crippen MR) is 145 cm³/mol. The number of allylic oxidation sites excluding steroid dienone is 1. The second-order valence-electron chi connectivity index (χ2n) is 10.2. The summed E-state index contributed by atoms with van der Waals surface area (Å²) in [4.78, 5) is 31.9. The molecule has 0 aromatic carbocycles. The molecule has 2 amide bonds. The van der Waals surface area contributed by atoms with Crippen molar-refractivity contribution in [1.29, 1.82) is 0 Å². The van der Waals surface area contributed by atoms with Crippen molar-refractivity contribution in [2.24, 2.45) is 7.05 Å². The molecule has 5 rings (SSSR count). The van der Waals surface area contributed by atoms with Crippen LogP contribution in [0.25, 0.3) is 11.0 Å². The largest absolute Gasteiger partial charge is 0.381 e. The van der Waals surface area contributed by atoms with Crippen molar-refractivity contribution < 1.29 is 4.79 Å². The third kappa shape index (κ3) is 5.67. The minimum Gasteiger partial charge on any atom is -0.381 e. The zero-order valence-corrected chi connectivity index (χ0v) is 22.1. The van der Waals surface area contributed by atoms with Crippen molar-refractivity contribution in [3.05, 3.63) is 48.6 Å². The first-order valence-electron chi connectivity index (χ1n) is 12.7. The van der Waals surface area contributed by atoms with Gasteiger partial charge < -0.3 is 26.6 Å². The van der Waals surface area contributed by atoms with Crippen molar-refractivity contribution in [1.82, 2.24) is 50.6 Å². The minimum atomic E-state index is -0.235. The van der Waals surface area contributed by atoms with Crippen molar-refractivity contribution in [3.63, 3.8) is 0 Å². The number of nitrogens with one attached hydrogen (secondary N) is 5. The van der Waals surface area contributed by atoms with Gasteiger partial charge in [-0.2, -0.15) is 10.1 Å². The van der Waals surface area contributed by atoms with Crippen LogP contribution >= 0.6 is 0 Å². The first-order chi connectivity index (χ1) is 18.3. The molecule has 0 bridgehead atoms. The SMILES string of the molecule is CC1NC=C(NC(=O)NCCN2CCCC2(C)C)C=C1Nc1nn(C)c2nc(Nc3cncnc3)ncc12. The maximum absolute atomic E-state index is 12.5. The van der Waals surface area contributed by atoms with Gasteiger partial charge in [0.05, 0.1) is 35.2 Å². The molecule has 5 N–H and O–H groups in total. The van der Waals surface area contributed by atoms with E-state index in [4.69, 9.17) is 0 Å². The van der Waals surface area contributed by atoms with Crippen molar-refractivity contribution in [3.8, 4) is 0 Å². The van der Waals surface area contributed by atoms with E-state index in [9.17, 15) is 4.79 Å². The summed E-state index contributed by atoms with van der Waals surface area (Å²) in [7, 11) is 1.83. The fraction of sp³-hybridized carbons (Fsp3) is 0.440. The van der Waals surface area contributed by atoms with E-state index in [0.717, 1.165) is 24.2 Å². The lowest BCUT2D eigenvalue weighted by Gasteiger charge is -2.31. The van der Waals surface area contributed by atoms with Crippen LogP contribution in [-0.4, -0.2) is 71.9 Å². The highest BCUT2D eigenvalue weighted by Crippen LogP contribution is 2.27. The molecule has 0 radical (unpaired) electrons. The molecule has 1 atom stereocenters. The van der Waals surface area contributed by atoms with Crippen molar-refractivity contribution >= 4 is 34.5 Å². The molecule has 13 heteroatoms. The number of hydrogen-bond donors (Lipinski definition) is 5. The third-order valence-corrected chi connectivity index (χ3v) is 6.92. The number of carbonyl (C=O) groups is 1. The quantitative estimate of drug-likeness (QED) is 0.300. The molecule has 2 aliphatic heterocycles. The summed E-state index contributed by atoms with van der Waals surface area (Å²) in [5.74, 6) is 1.04. The number of amides is 2. The Morgan fingerprint density at radius 3 is 2.79 bits per heavy atom. The Morgan fingerprint density at radius 1 is 1.21 bits per heavy atom. The molecular weight excluding hydrogens is 484 g/mol. The number of aromatic nitrogens is 6. The molecule has 2 aliphatic rings. The van der Waals surface area contributed by atoms with E-state index < -0.39 is 0 Å². The van der Waals surface area contributed by atoms with E-state index in [-0.39, 0.29) is 17.6 Å². The number of likely N-dealkylation sites (tertiary alicyclic amines) is 1. The van der Waals surface area contributed by atoms with Crippen LogP contribution < -0.4 is 26.6 Å². The van der Waals surface area contributed by atoms with E-state index in [1.807, 2.05) is 20.0 Å². The lowest BCUT2D eigenvalue weighted by Crippen LogP contribution is -2.45. The van der Waals surface area contributed by atoms with Crippen LogP contribution in [0.15, 0.2) is 48.6 Å². The molecule has 200 valence electrons. The van der Waals surface area contributed by atoms with E-state index >= 15 is 0 Å². The van der Waals surface area contributed by atoms with Gasteiger partial charge in [0.15, 0.2) is 11.5 Å². The number of carbonyl (C=O) groups excluding carboxylic acids is 1. The molecule has 0 spiro atoms. The van der Waals surface area contributed by atoms with Gasteiger partial charge in [-0.15, -0.1) is 0 Å². The molecule has 3 aromatic heterocycles. The molecule has 1 saturated heterocycles. The van der Waals surface area contributed by atoms with E-state index in [2.05, 4.69) is 70.4 Å². The molecule has 5 heterocycles. The summed E-state index contributed by atoms with van der Waals surface area (Å²) < 4.78 is 1.69. The molecule has 3 aromatic rings. The van der Waals surface area contributed by atoms with Gasteiger partial charge in [-0.3, -0.25) is 4.90 Å². The third-order valence-electron chi connectivity index (χ3n) is 6.92. The summed E-state index contributed by atoms with van der Waals surface area (Å²) in [6.45, 7) is 9.04. The topological polar surface area (TPSA) is 150 Å². The number of anilines is 3. The number of nitrogens with zero attached hydrogens (tertiary/aromatic N) is 7. The number of urea groups is 1. The number of dihydropyridines is 1. The van der Waals surface area contributed by atoms with E-state index in [0.29, 0.717) is 35.3 Å². The molecule has 38 heavy (non-hydrogen) atoms. The van der Waals surface area contributed by atoms with E-state index in [1.165, 1.54) is 19.2 Å².